The minimum atomic E-state index is -0.0866. The maximum atomic E-state index is 12.8. The van der Waals surface area contributed by atoms with Crippen LogP contribution >= 0.6 is 0 Å². The van der Waals surface area contributed by atoms with Crippen LogP contribution in [0, 0.1) is 0 Å². The van der Waals surface area contributed by atoms with Crippen molar-refractivity contribution in [3.05, 3.63) is 48.0 Å². The van der Waals surface area contributed by atoms with Crippen molar-refractivity contribution >= 4 is 11.7 Å². The molecule has 1 aromatic heterocycles. The summed E-state index contributed by atoms with van der Waals surface area (Å²) in [7, 11) is 1.60. The van der Waals surface area contributed by atoms with Gasteiger partial charge in [-0.15, -0.1) is 0 Å². The molecule has 0 aliphatic carbocycles. The Labute approximate surface area is 134 Å². The van der Waals surface area contributed by atoms with E-state index in [1.807, 2.05) is 35.4 Å². The quantitative estimate of drug-likeness (QED) is 0.926. The Bertz CT molecular complexity index is 749. The monoisotopic (exact) mass is 310 g/mol. The van der Waals surface area contributed by atoms with E-state index in [0.29, 0.717) is 11.4 Å². The van der Waals surface area contributed by atoms with Crippen molar-refractivity contribution in [3.8, 4) is 5.75 Å². The van der Waals surface area contributed by atoms with Crippen LogP contribution in [0.1, 0.15) is 30.1 Å². The number of ether oxygens (including phenoxy) is 1. The summed E-state index contributed by atoms with van der Waals surface area (Å²) in [6, 6.07) is 7.63. The first kappa shape index (κ1) is 14.0. The van der Waals surface area contributed by atoms with Crippen LogP contribution in [-0.2, 0) is 6.42 Å². The van der Waals surface area contributed by atoms with Crippen molar-refractivity contribution in [3.63, 3.8) is 0 Å². The third kappa shape index (κ3) is 2.30. The van der Waals surface area contributed by atoms with Gasteiger partial charge < -0.3 is 15.0 Å². The summed E-state index contributed by atoms with van der Waals surface area (Å²) in [5.74, 6) is 0.661. The summed E-state index contributed by atoms with van der Waals surface area (Å²) in [5, 5.41) is 2.98. The fourth-order valence-electron chi connectivity index (χ4n) is 3.66. The number of nitrogens with zero attached hydrogens (tertiary/aromatic N) is 3. The molecule has 2 unspecified atom stereocenters. The van der Waals surface area contributed by atoms with E-state index < -0.39 is 0 Å². The highest BCUT2D eigenvalue weighted by atomic mass is 16.5. The van der Waals surface area contributed by atoms with Crippen LogP contribution in [-0.4, -0.2) is 34.1 Å². The fourth-order valence-corrected chi connectivity index (χ4v) is 3.66. The number of nitrogens with one attached hydrogen (secondary N) is 1. The second-order valence-corrected chi connectivity index (χ2v) is 5.91. The molecule has 1 saturated heterocycles. The van der Waals surface area contributed by atoms with E-state index in [1.165, 1.54) is 0 Å². The Morgan fingerprint density at radius 2 is 2.22 bits per heavy atom. The number of amides is 2. The van der Waals surface area contributed by atoms with Gasteiger partial charge >= 0.3 is 6.03 Å². The van der Waals surface area contributed by atoms with Gasteiger partial charge in [0.05, 0.1) is 24.5 Å². The lowest BCUT2D eigenvalue weighted by Gasteiger charge is -2.35. The summed E-state index contributed by atoms with van der Waals surface area (Å²) >= 11 is 0. The molecule has 2 bridgehead atoms. The number of carbonyl (C=O) groups is 1. The normalized spacial score (nSPS) is 21.7. The number of methoxy groups -OCH3 is 1. The SMILES string of the molecule is COc1ccccc1NC(=O)N1C2CCC1c1cncnc1C2. The summed E-state index contributed by atoms with van der Waals surface area (Å²) < 4.78 is 5.31. The van der Waals surface area contributed by atoms with Crippen molar-refractivity contribution in [2.75, 3.05) is 12.4 Å². The lowest BCUT2D eigenvalue weighted by molar-refractivity contribution is 0.178. The summed E-state index contributed by atoms with van der Waals surface area (Å²) in [6.07, 6.45) is 6.19. The number of carbonyl (C=O) groups excluding carboxylic acids is 1. The second kappa shape index (κ2) is 5.53. The van der Waals surface area contributed by atoms with Gasteiger partial charge in [-0.25, -0.2) is 14.8 Å². The van der Waals surface area contributed by atoms with E-state index in [1.54, 1.807) is 13.4 Å². The third-order valence-electron chi connectivity index (χ3n) is 4.70. The van der Waals surface area contributed by atoms with Gasteiger partial charge in [0.1, 0.15) is 12.1 Å². The van der Waals surface area contributed by atoms with Gasteiger partial charge in [0.2, 0.25) is 0 Å². The molecular formula is C17H18N4O2. The van der Waals surface area contributed by atoms with Crippen LogP contribution in [0.15, 0.2) is 36.8 Å². The number of hydrogen-bond acceptors (Lipinski definition) is 4. The number of para-hydroxylation sites is 2. The van der Waals surface area contributed by atoms with E-state index in [-0.39, 0.29) is 18.1 Å². The molecule has 0 radical (unpaired) electrons. The molecule has 2 aliphatic heterocycles. The highest BCUT2D eigenvalue weighted by Gasteiger charge is 2.43. The topological polar surface area (TPSA) is 67.3 Å². The Hall–Kier alpha value is -2.63. The Kier molecular flexibility index (Phi) is 3.37. The van der Waals surface area contributed by atoms with E-state index in [2.05, 4.69) is 15.3 Å². The van der Waals surface area contributed by atoms with Crippen LogP contribution in [0.4, 0.5) is 10.5 Å². The number of benzene rings is 1. The Morgan fingerprint density at radius 1 is 1.35 bits per heavy atom. The maximum absolute atomic E-state index is 12.8. The lowest BCUT2D eigenvalue weighted by Crippen LogP contribution is -2.44. The highest BCUT2D eigenvalue weighted by molar-refractivity contribution is 5.91. The van der Waals surface area contributed by atoms with Crippen molar-refractivity contribution in [1.82, 2.24) is 14.9 Å². The first-order valence-electron chi connectivity index (χ1n) is 7.79. The molecule has 0 saturated carbocycles. The van der Waals surface area contributed by atoms with Gasteiger partial charge in [0.25, 0.3) is 0 Å². The second-order valence-electron chi connectivity index (χ2n) is 5.91. The summed E-state index contributed by atoms with van der Waals surface area (Å²) in [6.45, 7) is 0. The zero-order chi connectivity index (χ0) is 15.8. The van der Waals surface area contributed by atoms with Crippen molar-refractivity contribution in [2.45, 2.75) is 31.3 Å². The molecular weight excluding hydrogens is 292 g/mol. The van der Waals surface area contributed by atoms with Crippen LogP contribution in [0.3, 0.4) is 0 Å². The van der Waals surface area contributed by atoms with Crippen LogP contribution in [0.25, 0.3) is 0 Å². The number of hydrogen-bond donors (Lipinski definition) is 1. The predicted octanol–water partition coefficient (Wildman–Crippen LogP) is 2.78. The molecule has 1 N–H and O–H groups in total. The number of fused-ring (bicyclic) bond motifs is 4. The first-order valence-corrected chi connectivity index (χ1v) is 7.79. The van der Waals surface area contributed by atoms with Crippen molar-refractivity contribution < 1.29 is 9.53 Å². The molecule has 118 valence electrons. The van der Waals surface area contributed by atoms with E-state index >= 15 is 0 Å². The average molecular weight is 310 g/mol. The molecule has 2 aliphatic rings. The van der Waals surface area contributed by atoms with Crippen LogP contribution < -0.4 is 10.1 Å². The summed E-state index contributed by atoms with van der Waals surface area (Å²) in [4.78, 5) is 23.3. The van der Waals surface area contributed by atoms with Gasteiger partial charge in [0, 0.05) is 24.2 Å². The molecule has 0 spiro atoms. The minimum Gasteiger partial charge on any atom is -0.495 e. The minimum absolute atomic E-state index is 0.0691. The molecule has 4 rings (SSSR count). The molecule has 2 amide bonds. The lowest BCUT2D eigenvalue weighted by atomic mass is 10.00. The van der Waals surface area contributed by atoms with Crippen molar-refractivity contribution in [2.24, 2.45) is 0 Å². The zero-order valence-corrected chi connectivity index (χ0v) is 12.9. The standard InChI is InChI=1S/C17H18N4O2/c1-23-16-5-3-2-4-13(16)20-17(22)21-11-6-7-15(21)12-9-18-10-19-14(12)8-11/h2-5,9-11,15H,6-8H2,1H3,(H,20,22). The number of urea groups is 1. The molecule has 1 fully saturated rings. The smallest absolute Gasteiger partial charge is 0.322 e. The van der Waals surface area contributed by atoms with Gasteiger partial charge in [0.15, 0.2) is 0 Å². The van der Waals surface area contributed by atoms with Crippen LogP contribution in [0.5, 0.6) is 5.75 Å². The molecule has 3 heterocycles. The maximum Gasteiger partial charge on any atom is 0.322 e. The number of anilines is 1. The van der Waals surface area contributed by atoms with Gasteiger partial charge in [-0.3, -0.25) is 0 Å². The number of rotatable bonds is 2. The zero-order valence-electron chi connectivity index (χ0n) is 12.9. The molecule has 6 heteroatoms. The highest BCUT2D eigenvalue weighted by Crippen LogP contribution is 2.43. The number of aromatic nitrogens is 2. The largest absolute Gasteiger partial charge is 0.495 e. The van der Waals surface area contributed by atoms with E-state index in [9.17, 15) is 4.79 Å². The molecule has 6 nitrogen and oxygen atoms in total. The van der Waals surface area contributed by atoms with Crippen molar-refractivity contribution in [1.29, 1.82) is 0 Å². The van der Waals surface area contributed by atoms with Crippen LogP contribution in [0.2, 0.25) is 0 Å². The molecule has 1 aromatic carbocycles. The molecule has 23 heavy (non-hydrogen) atoms. The average Bonchev–Trinajstić information content (AvgIpc) is 2.90. The Morgan fingerprint density at radius 3 is 3.09 bits per heavy atom. The van der Waals surface area contributed by atoms with Gasteiger partial charge in [-0.1, -0.05) is 12.1 Å². The van der Waals surface area contributed by atoms with E-state index in [4.69, 9.17) is 4.74 Å². The molecule has 2 aromatic rings. The first-order chi connectivity index (χ1) is 11.3. The Balaban J connectivity index is 1.60. The predicted molar refractivity (Wildman–Crippen MR) is 85.4 cm³/mol. The fraction of sp³-hybridized carbons (Fsp3) is 0.353. The molecule has 2 atom stereocenters. The van der Waals surface area contributed by atoms with E-state index in [0.717, 1.165) is 30.5 Å². The van der Waals surface area contributed by atoms with Gasteiger partial charge in [-0.05, 0) is 25.0 Å². The summed E-state index contributed by atoms with van der Waals surface area (Å²) in [5.41, 5.74) is 2.85. The third-order valence-corrected chi connectivity index (χ3v) is 4.70. The van der Waals surface area contributed by atoms with Gasteiger partial charge in [-0.2, -0.15) is 0 Å².